The van der Waals surface area contributed by atoms with Crippen molar-refractivity contribution >= 4 is 41.5 Å². The highest BCUT2D eigenvalue weighted by Gasteiger charge is 2.40. The van der Waals surface area contributed by atoms with Gasteiger partial charge in [-0.15, -0.1) is 0 Å². The summed E-state index contributed by atoms with van der Waals surface area (Å²) in [6.45, 7) is 10.2. The summed E-state index contributed by atoms with van der Waals surface area (Å²) in [6.07, 6.45) is 0.451. The molecule has 0 aliphatic rings. The fourth-order valence-corrected chi connectivity index (χ4v) is 7.12. The molecule has 0 N–H and O–H groups in total. The molecular weight excluding hydrogens is 628 g/mol. The molecule has 45 heavy (non-hydrogen) atoms. The molecule has 0 spiro atoms. The molecule has 0 saturated heterocycles. The smallest absolute Gasteiger partial charge is 0.462 e. The summed E-state index contributed by atoms with van der Waals surface area (Å²) in [7, 11) is -0.440. The summed E-state index contributed by atoms with van der Waals surface area (Å²) >= 11 is 0. The predicted octanol–water partition coefficient (Wildman–Crippen LogP) is 3.13. The molecule has 0 amide bonds. The molecule has 0 heterocycles. The second-order valence-corrected chi connectivity index (χ2v) is 15.4. The van der Waals surface area contributed by atoms with Gasteiger partial charge in [0, 0.05) is 45.6 Å². The lowest BCUT2D eigenvalue weighted by molar-refractivity contribution is -0.139. The van der Waals surface area contributed by atoms with E-state index in [2.05, 4.69) is 13.2 Å². The van der Waals surface area contributed by atoms with Crippen molar-refractivity contribution in [3.05, 3.63) is 59.7 Å². The Hall–Kier alpha value is -3.23. The minimum atomic E-state index is -3.15. The second kappa shape index (κ2) is 20.7. The quantitative estimate of drug-likeness (QED) is 0.0548. The van der Waals surface area contributed by atoms with Gasteiger partial charge in [0.2, 0.25) is 0 Å². The molecule has 0 aliphatic carbocycles. The van der Waals surface area contributed by atoms with Crippen LogP contribution in [0.1, 0.15) is 41.0 Å². The zero-order valence-electron chi connectivity index (χ0n) is 26.8. The average molecular weight is 673 g/mol. The van der Waals surface area contributed by atoms with Crippen LogP contribution in [-0.4, -0.2) is 110 Å². The molecule has 0 saturated carbocycles. The van der Waals surface area contributed by atoms with Crippen LogP contribution >= 0.6 is 0 Å². The number of carbonyl (C=O) groups is 4. The first-order chi connectivity index (χ1) is 21.4. The third-order valence-corrected chi connectivity index (χ3v) is 11.6. The van der Waals surface area contributed by atoms with Crippen molar-refractivity contribution in [3.8, 4) is 0 Å². The van der Waals surface area contributed by atoms with Gasteiger partial charge in [0.05, 0.1) is 43.6 Å². The zero-order chi connectivity index (χ0) is 33.9. The third kappa shape index (κ3) is 14.2. The molecule has 0 aliphatic heterocycles. The van der Waals surface area contributed by atoms with E-state index < -0.39 is 41.5 Å². The standard InChI is InChI=1S/C29H44O14Si2/c1-22(2)26(30)38-14-9-20-44(34-5,35-6)42-17-15-39-28(32)24-10-12-25(13-11-24)29(33)40-16-18-43-45(36-7,37-8)21-19-41-27(31)23(3)4/h10-13H,1,3,9,14-21H2,2,4-8H3. The Labute approximate surface area is 266 Å². The number of ether oxygens (including phenoxy) is 4. The van der Waals surface area contributed by atoms with Crippen molar-refractivity contribution in [3.63, 3.8) is 0 Å². The lowest BCUT2D eigenvalue weighted by atomic mass is 10.1. The maximum absolute atomic E-state index is 12.5. The Balaban J connectivity index is 2.48. The summed E-state index contributed by atoms with van der Waals surface area (Å²) in [5.74, 6) is -2.25. The molecular formula is C29H44O14Si2. The minimum Gasteiger partial charge on any atom is -0.462 e. The van der Waals surface area contributed by atoms with Gasteiger partial charge < -0.3 is 45.5 Å². The molecule has 14 nitrogen and oxygen atoms in total. The summed E-state index contributed by atoms with van der Waals surface area (Å²) in [5.41, 5.74) is 1.02. The highest BCUT2D eigenvalue weighted by molar-refractivity contribution is 6.61. The van der Waals surface area contributed by atoms with Crippen LogP contribution in [0.2, 0.25) is 12.1 Å². The number of rotatable bonds is 23. The summed E-state index contributed by atoms with van der Waals surface area (Å²) < 4.78 is 54.0. The Morgan fingerprint density at radius 1 is 0.556 bits per heavy atom. The van der Waals surface area contributed by atoms with Gasteiger partial charge in [-0.25, -0.2) is 19.2 Å². The van der Waals surface area contributed by atoms with Crippen LogP contribution in [0.25, 0.3) is 0 Å². The first-order valence-corrected chi connectivity index (χ1v) is 17.8. The van der Waals surface area contributed by atoms with Gasteiger partial charge >= 0.3 is 41.5 Å². The van der Waals surface area contributed by atoms with E-state index in [-0.39, 0.29) is 62.4 Å². The summed E-state index contributed by atoms with van der Waals surface area (Å²) in [5, 5.41) is 0. The molecule has 0 radical (unpaired) electrons. The second-order valence-electron chi connectivity index (χ2n) is 9.41. The van der Waals surface area contributed by atoms with Crippen molar-refractivity contribution in [1.82, 2.24) is 0 Å². The number of carbonyl (C=O) groups excluding carboxylic acids is 4. The minimum absolute atomic E-state index is 0.0143. The van der Waals surface area contributed by atoms with E-state index in [4.69, 9.17) is 45.5 Å². The predicted molar refractivity (Wildman–Crippen MR) is 164 cm³/mol. The Morgan fingerprint density at radius 2 is 0.933 bits per heavy atom. The summed E-state index contributed by atoms with van der Waals surface area (Å²) in [6, 6.07) is 6.33. The van der Waals surface area contributed by atoms with Gasteiger partial charge in [-0.3, -0.25) is 0 Å². The average Bonchev–Trinajstić information content (AvgIpc) is 3.04. The maximum Gasteiger partial charge on any atom is 0.504 e. The van der Waals surface area contributed by atoms with E-state index in [0.29, 0.717) is 18.0 Å². The number of esters is 4. The highest BCUT2D eigenvalue weighted by Crippen LogP contribution is 2.17. The van der Waals surface area contributed by atoms with Gasteiger partial charge in [-0.1, -0.05) is 13.2 Å². The lowest BCUT2D eigenvalue weighted by Crippen LogP contribution is -2.45. The van der Waals surface area contributed by atoms with Gasteiger partial charge in [0.25, 0.3) is 0 Å². The molecule has 0 unspecified atom stereocenters. The van der Waals surface area contributed by atoms with Crippen molar-refractivity contribution in [2.45, 2.75) is 32.4 Å². The molecule has 1 aromatic rings. The Kier molecular flexibility index (Phi) is 18.3. The molecule has 0 atom stereocenters. The van der Waals surface area contributed by atoms with Crippen LogP contribution in [0.4, 0.5) is 0 Å². The van der Waals surface area contributed by atoms with Crippen LogP contribution in [0.3, 0.4) is 0 Å². The van der Waals surface area contributed by atoms with Crippen molar-refractivity contribution in [2.75, 3.05) is 68.1 Å². The van der Waals surface area contributed by atoms with Gasteiger partial charge in [0.1, 0.15) is 13.2 Å². The lowest BCUT2D eigenvalue weighted by Gasteiger charge is -2.26. The zero-order valence-corrected chi connectivity index (χ0v) is 28.8. The number of benzene rings is 1. The molecule has 16 heteroatoms. The third-order valence-electron chi connectivity index (χ3n) is 6.08. The van der Waals surface area contributed by atoms with Crippen LogP contribution in [-0.2, 0) is 55.1 Å². The largest absolute Gasteiger partial charge is 0.504 e. The maximum atomic E-state index is 12.5. The Bertz CT molecular complexity index is 1130. The monoisotopic (exact) mass is 672 g/mol. The van der Waals surface area contributed by atoms with E-state index in [9.17, 15) is 19.2 Å². The fourth-order valence-electron chi connectivity index (χ4n) is 3.50. The Morgan fingerprint density at radius 3 is 1.31 bits per heavy atom. The number of hydrogen-bond donors (Lipinski definition) is 0. The van der Waals surface area contributed by atoms with Crippen molar-refractivity contribution < 1.29 is 64.7 Å². The molecule has 0 bridgehead atoms. The van der Waals surface area contributed by atoms with Crippen molar-refractivity contribution in [1.29, 1.82) is 0 Å². The molecule has 0 aromatic heterocycles. The normalized spacial score (nSPS) is 11.4. The topological polar surface area (TPSA) is 161 Å². The van der Waals surface area contributed by atoms with Gasteiger partial charge in [-0.05, 0) is 44.5 Å². The van der Waals surface area contributed by atoms with E-state index in [1.54, 1.807) is 6.92 Å². The van der Waals surface area contributed by atoms with E-state index in [1.807, 2.05) is 0 Å². The van der Waals surface area contributed by atoms with E-state index in [1.165, 1.54) is 59.6 Å². The van der Waals surface area contributed by atoms with E-state index in [0.717, 1.165) is 0 Å². The molecule has 1 rings (SSSR count). The van der Waals surface area contributed by atoms with Crippen LogP contribution < -0.4 is 0 Å². The van der Waals surface area contributed by atoms with Crippen LogP contribution in [0.15, 0.2) is 48.6 Å². The first-order valence-electron chi connectivity index (χ1n) is 14.0. The van der Waals surface area contributed by atoms with Crippen LogP contribution in [0, 0.1) is 0 Å². The highest BCUT2D eigenvalue weighted by atomic mass is 28.4. The SMILES string of the molecule is C=C(C)C(=O)OCCC[Si](OC)(OC)OCCOC(=O)c1ccc(C(=O)OCCO[Si](CCOC(=O)C(=C)C)(OC)OC)cc1. The number of hydrogen-bond acceptors (Lipinski definition) is 14. The fraction of sp³-hybridized carbons (Fsp3) is 0.517. The van der Waals surface area contributed by atoms with Gasteiger partial charge in [0.15, 0.2) is 0 Å². The molecule has 0 fully saturated rings. The summed E-state index contributed by atoms with van der Waals surface area (Å²) in [4.78, 5) is 48.0. The van der Waals surface area contributed by atoms with Gasteiger partial charge in [-0.2, -0.15) is 0 Å². The van der Waals surface area contributed by atoms with Crippen LogP contribution in [0.5, 0.6) is 0 Å². The first kappa shape index (κ1) is 39.8. The van der Waals surface area contributed by atoms with Crippen molar-refractivity contribution in [2.24, 2.45) is 0 Å². The van der Waals surface area contributed by atoms with E-state index >= 15 is 0 Å². The molecule has 252 valence electrons. The molecule has 1 aromatic carbocycles.